The third kappa shape index (κ3) is 0.576. The molecule has 0 aromatic carbocycles. The van der Waals surface area contributed by atoms with E-state index in [1.54, 1.807) is 0 Å². The normalized spacial score (nSPS) is 43.5. The highest BCUT2D eigenvalue weighted by molar-refractivity contribution is 5.00. The molecule has 1 nitrogen and oxygen atoms in total. The van der Waals surface area contributed by atoms with Crippen molar-refractivity contribution in [2.24, 2.45) is 17.1 Å². The second kappa shape index (κ2) is 1.47. The van der Waals surface area contributed by atoms with Crippen LogP contribution in [0.15, 0.2) is 0 Å². The molecule has 0 amide bonds. The van der Waals surface area contributed by atoms with Crippen LogP contribution in [0.4, 0.5) is 0 Å². The van der Waals surface area contributed by atoms with Gasteiger partial charge in [0.2, 0.25) is 0 Å². The lowest BCUT2D eigenvalue weighted by Crippen LogP contribution is -2.53. The molecular formula is C7H14N. The molecule has 0 aromatic heterocycles. The van der Waals surface area contributed by atoms with E-state index in [0.29, 0.717) is 17.4 Å². The fourth-order valence-corrected chi connectivity index (χ4v) is 1.06. The summed E-state index contributed by atoms with van der Waals surface area (Å²) in [5.41, 5.74) is 6.01. The van der Waals surface area contributed by atoms with Crippen LogP contribution in [0.5, 0.6) is 0 Å². The van der Waals surface area contributed by atoms with Gasteiger partial charge in [-0.2, -0.15) is 0 Å². The van der Waals surface area contributed by atoms with Crippen molar-refractivity contribution in [3.8, 4) is 0 Å². The van der Waals surface area contributed by atoms with Crippen LogP contribution in [-0.2, 0) is 0 Å². The van der Waals surface area contributed by atoms with E-state index in [2.05, 4.69) is 20.8 Å². The lowest BCUT2D eigenvalue weighted by atomic mass is 9.60. The van der Waals surface area contributed by atoms with Crippen molar-refractivity contribution < 1.29 is 0 Å². The fourth-order valence-electron chi connectivity index (χ4n) is 1.06. The largest absolute Gasteiger partial charge is 0.327 e. The van der Waals surface area contributed by atoms with Crippen molar-refractivity contribution in [1.82, 2.24) is 0 Å². The van der Waals surface area contributed by atoms with Crippen molar-refractivity contribution in [3.05, 3.63) is 6.92 Å². The van der Waals surface area contributed by atoms with Crippen molar-refractivity contribution in [2.45, 2.75) is 26.3 Å². The number of rotatable bonds is 0. The standard InChI is InChI=1S/C7H14N/c1-5-4-6(8)7(5,2)3/h5-6H,1,4,8H2,2-3H3. The van der Waals surface area contributed by atoms with Gasteiger partial charge in [0.25, 0.3) is 0 Å². The molecule has 1 saturated carbocycles. The van der Waals surface area contributed by atoms with Gasteiger partial charge >= 0.3 is 0 Å². The van der Waals surface area contributed by atoms with E-state index in [9.17, 15) is 0 Å². The lowest BCUT2D eigenvalue weighted by molar-refractivity contribution is 0.0728. The summed E-state index contributed by atoms with van der Waals surface area (Å²) in [4.78, 5) is 0. The number of nitrogens with two attached hydrogens (primary N) is 1. The van der Waals surface area contributed by atoms with Gasteiger partial charge in [-0.1, -0.05) is 13.8 Å². The van der Waals surface area contributed by atoms with Crippen molar-refractivity contribution in [3.63, 3.8) is 0 Å². The van der Waals surface area contributed by atoms with Gasteiger partial charge in [-0.25, -0.2) is 0 Å². The molecule has 1 radical (unpaired) electrons. The van der Waals surface area contributed by atoms with Crippen molar-refractivity contribution >= 4 is 0 Å². The smallest absolute Gasteiger partial charge is 0.00957 e. The molecule has 8 heavy (non-hydrogen) atoms. The molecule has 1 aliphatic rings. The predicted molar refractivity (Wildman–Crippen MR) is 35.2 cm³/mol. The maximum Gasteiger partial charge on any atom is 0.00957 e. The molecule has 0 aliphatic heterocycles. The molecule has 1 heteroatoms. The van der Waals surface area contributed by atoms with Crippen LogP contribution in [0, 0.1) is 18.3 Å². The molecule has 2 atom stereocenters. The highest BCUT2D eigenvalue weighted by atomic mass is 14.7. The monoisotopic (exact) mass is 112 g/mol. The van der Waals surface area contributed by atoms with Crippen LogP contribution in [0.3, 0.4) is 0 Å². The van der Waals surface area contributed by atoms with E-state index in [4.69, 9.17) is 5.73 Å². The summed E-state index contributed by atoms with van der Waals surface area (Å²) in [5.74, 6) is 0.581. The Bertz CT molecular complexity index is 86.6. The maximum atomic E-state index is 5.71. The van der Waals surface area contributed by atoms with Gasteiger partial charge in [-0.15, -0.1) is 0 Å². The molecule has 2 unspecified atom stereocenters. The highest BCUT2D eigenvalue weighted by Crippen LogP contribution is 2.43. The average molecular weight is 112 g/mol. The minimum atomic E-state index is 0.306. The van der Waals surface area contributed by atoms with E-state index in [1.165, 1.54) is 0 Å². The van der Waals surface area contributed by atoms with Gasteiger partial charge in [-0.3, -0.25) is 0 Å². The SMILES string of the molecule is [CH2]C1CC(N)C1(C)C. The summed E-state index contributed by atoms with van der Waals surface area (Å²) in [7, 11) is 0. The second-order valence-electron chi connectivity index (χ2n) is 3.36. The summed E-state index contributed by atoms with van der Waals surface area (Å²) in [5, 5.41) is 0. The zero-order valence-corrected chi connectivity index (χ0v) is 5.65. The highest BCUT2D eigenvalue weighted by Gasteiger charge is 2.42. The Morgan fingerprint density at radius 2 is 2.12 bits per heavy atom. The molecule has 0 bridgehead atoms. The molecule has 0 saturated heterocycles. The van der Waals surface area contributed by atoms with Crippen LogP contribution < -0.4 is 5.73 Å². The van der Waals surface area contributed by atoms with E-state index in [-0.39, 0.29) is 0 Å². The molecule has 47 valence electrons. The topological polar surface area (TPSA) is 26.0 Å². The van der Waals surface area contributed by atoms with Crippen LogP contribution in [0.25, 0.3) is 0 Å². The predicted octanol–water partition coefficient (Wildman–Crippen LogP) is 1.19. The summed E-state index contributed by atoms with van der Waals surface area (Å²) in [6.07, 6.45) is 1.10. The van der Waals surface area contributed by atoms with Crippen LogP contribution >= 0.6 is 0 Å². The summed E-state index contributed by atoms with van der Waals surface area (Å²) in [6, 6.07) is 0.394. The van der Waals surface area contributed by atoms with Gasteiger partial charge in [-0.05, 0) is 24.7 Å². The van der Waals surface area contributed by atoms with E-state index < -0.39 is 0 Å². The fraction of sp³-hybridized carbons (Fsp3) is 0.857. The summed E-state index contributed by atoms with van der Waals surface area (Å²) >= 11 is 0. The number of hydrogen-bond donors (Lipinski definition) is 1. The van der Waals surface area contributed by atoms with Gasteiger partial charge in [0, 0.05) is 6.04 Å². The van der Waals surface area contributed by atoms with E-state index in [1.807, 2.05) is 0 Å². The summed E-state index contributed by atoms with van der Waals surface area (Å²) in [6.45, 7) is 8.33. The van der Waals surface area contributed by atoms with Crippen molar-refractivity contribution in [2.75, 3.05) is 0 Å². The minimum absolute atomic E-state index is 0.306. The third-order valence-electron chi connectivity index (χ3n) is 2.55. The van der Waals surface area contributed by atoms with Gasteiger partial charge in [0.1, 0.15) is 0 Å². The lowest BCUT2D eigenvalue weighted by Gasteiger charge is -2.48. The first-order valence-electron chi connectivity index (χ1n) is 3.14. The van der Waals surface area contributed by atoms with E-state index >= 15 is 0 Å². The maximum absolute atomic E-state index is 5.71. The molecule has 2 N–H and O–H groups in total. The molecule has 1 fully saturated rings. The van der Waals surface area contributed by atoms with Gasteiger partial charge in [0.15, 0.2) is 0 Å². The van der Waals surface area contributed by atoms with Gasteiger partial charge < -0.3 is 5.73 Å². The molecule has 0 spiro atoms. The Morgan fingerprint density at radius 3 is 2.12 bits per heavy atom. The van der Waals surface area contributed by atoms with Crippen LogP contribution in [0.1, 0.15) is 20.3 Å². The Morgan fingerprint density at radius 1 is 1.62 bits per heavy atom. The average Bonchev–Trinajstić information content (AvgIpc) is 1.68. The first kappa shape index (κ1) is 6.09. The quantitative estimate of drug-likeness (QED) is 0.500. The second-order valence-corrected chi connectivity index (χ2v) is 3.36. The van der Waals surface area contributed by atoms with Gasteiger partial charge in [0.05, 0.1) is 0 Å². The molecule has 0 aromatic rings. The minimum Gasteiger partial charge on any atom is -0.327 e. The Labute approximate surface area is 51.3 Å². The van der Waals surface area contributed by atoms with Crippen LogP contribution in [-0.4, -0.2) is 6.04 Å². The molecule has 1 aliphatic carbocycles. The van der Waals surface area contributed by atoms with Crippen LogP contribution in [0.2, 0.25) is 0 Å². The first-order valence-corrected chi connectivity index (χ1v) is 3.14. The molecule has 0 heterocycles. The molecular weight excluding hydrogens is 98.1 g/mol. The van der Waals surface area contributed by atoms with Crippen molar-refractivity contribution in [1.29, 1.82) is 0 Å². The van der Waals surface area contributed by atoms with E-state index in [0.717, 1.165) is 6.42 Å². The summed E-state index contributed by atoms with van der Waals surface area (Å²) < 4.78 is 0. The first-order chi connectivity index (χ1) is 3.55. The third-order valence-corrected chi connectivity index (χ3v) is 2.55. The Kier molecular flexibility index (Phi) is 1.12. The molecule has 1 rings (SSSR count). The number of hydrogen-bond acceptors (Lipinski definition) is 1. The Balaban J connectivity index is 2.52. The zero-order chi connectivity index (χ0) is 6.36. The Hall–Kier alpha value is -0.0400. The zero-order valence-electron chi connectivity index (χ0n) is 5.65.